The Bertz CT molecular complexity index is 974. The van der Waals surface area contributed by atoms with Crippen LogP contribution in [-0.2, 0) is 4.79 Å². The third-order valence-corrected chi connectivity index (χ3v) is 5.24. The first-order chi connectivity index (χ1) is 13.0. The summed E-state index contributed by atoms with van der Waals surface area (Å²) in [6.07, 6.45) is 1.43. The fourth-order valence-electron chi connectivity index (χ4n) is 3.51. The number of carbonyl (C=O) groups is 2. The number of carbonyl (C=O) groups excluding carboxylic acids is 2. The van der Waals surface area contributed by atoms with Gasteiger partial charge in [0.2, 0.25) is 5.91 Å². The van der Waals surface area contributed by atoms with Crippen molar-refractivity contribution in [2.24, 2.45) is 0 Å². The fourth-order valence-corrected chi connectivity index (χ4v) is 3.51. The average molecular weight is 362 g/mol. The molecule has 1 unspecified atom stereocenters. The van der Waals surface area contributed by atoms with Gasteiger partial charge in [-0.25, -0.2) is 0 Å². The van der Waals surface area contributed by atoms with Crippen molar-refractivity contribution in [1.82, 2.24) is 4.90 Å². The highest BCUT2D eigenvalue weighted by molar-refractivity contribution is 5.99. The molecule has 0 aliphatic carbocycles. The van der Waals surface area contributed by atoms with Crippen LogP contribution in [0.2, 0.25) is 0 Å². The van der Waals surface area contributed by atoms with Gasteiger partial charge in [0, 0.05) is 36.7 Å². The van der Waals surface area contributed by atoms with Crippen LogP contribution in [0.5, 0.6) is 0 Å². The van der Waals surface area contributed by atoms with Crippen molar-refractivity contribution in [2.45, 2.75) is 25.8 Å². The number of fused-ring (bicyclic) bond motifs is 1. The van der Waals surface area contributed by atoms with E-state index in [1.807, 2.05) is 49.4 Å². The average Bonchev–Trinajstić information content (AvgIpc) is 3.32. The van der Waals surface area contributed by atoms with Gasteiger partial charge in [0.1, 0.15) is 11.3 Å². The predicted molar refractivity (Wildman–Crippen MR) is 105 cm³/mol. The lowest BCUT2D eigenvalue weighted by molar-refractivity contribution is -0.117. The first kappa shape index (κ1) is 17.3. The van der Waals surface area contributed by atoms with Crippen LogP contribution in [0.3, 0.4) is 0 Å². The summed E-state index contributed by atoms with van der Waals surface area (Å²) in [5.41, 5.74) is 2.17. The topological polar surface area (TPSA) is 53.8 Å². The molecule has 1 fully saturated rings. The quantitative estimate of drug-likeness (QED) is 0.691. The zero-order valence-corrected chi connectivity index (χ0v) is 15.5. The van der Waals surface area contributed by atoms with E-state index in [0.717, 1.165) is 28.8 Å². The monoisotopic (exact) mass is 362 g/mol. The number of amides is 2. The normalized spacial score (nSPS) is 15.3. The lowest BCUT2D eigenvalue weighted by atomic mass is 10.1. The molecule has 138 valence electrons. The summed E-state index contributed by atoms with van der Waals surface area (Å²) in [7, 11) is 1.77. The standard InChI is InChI=1S/C22H22N2O3/c1-15(20-14-16-7-3-4-10-19(16)27-20)23(2)22(26)17-8-5-9-18(13-17)24-12-6-11-21(24)25/h3-5,7-10,13-15H,6,11-12H2,1-2H3. The second-order valence-corrected chi connectivity index (χ2v) is 6.98. The summed E-state index contributed by atoms with van der Waals surface area (Å²) in [6.45, 7) is 2.66. The summed E-state index contributed by atoms with van der Waals surface area (Å²) in [5, 5.41) is 1.02. The van der Waals surface area contributed by atoms with Gasteiger partial charge >= 0.3 is 0 Å². The zero-order chi connectivity index (χ0) is 19.0. The van der Waals surface area contributed by atoms with Gasteiger partial charge in [-0.05, 0) is 43.7 Å². The van der Waals surface area contributed by atoms with Gasteiger partial charge in [0.05, 0.1) is 6.04 Å². The van der Waals surface area contributed by atoms with Gasteiger partial charge in [-0.2, -0.15) is 0 Å². The van der Waals surface area contributed by atoms with Crippen molar-refractivity contribution in [3.05, 3.63) is 65.9 Å². The third-order valence-electron chi connectivity index (χ3n) is 5.24. The maximum absolute atomic E-state index is 13.0. The minimum Gasteiger partial charge on any atom is -0.459 e. The zero-order valence-electron chi connectivity index (χ0n) is 15.5. The second-order valence-electron chi connectivity index (χ2n) is 6.98. The highest BCUT2D eigenvalue weighted by atomic mass is 16.3. The molecule has 1 aliphatic heterocycles. The van der Waals surface area contributed by atoms with Crippen molar-refractivity contribution in [1.29, 1.82) is 0 Å². The van der Waals surface area contributed by atoms with Crippen molar-refractivity contribution in [3.63, 3.8) is 0 Å². The van der Waals surface area contributed by atoms with Crippen LogP contribution in [0.4, 0.5) is 5.69 Å². The largest absolute Gasteiger partial charge is 0.459 e. The first-order valence-electron chi connectivity index (χ1n) is 9.20. The molecule has 0 saturated carbocycles. The minimum atomic E-state index is -0.207. The molecular formula is C22H22N2O3. The molecule has 27 heavy (non-hydrogen) atoms. The van der Waals surface area contributed by atoms with Gasteiger partial charge < -0.3 is 14.2 Å². The molecule has 1 atom stereocenters. The van der Waals surface area contributed by atoms with Crippen LogP contribution in [0.1, 0.15) is 41.9 Å². The number of hydrogen-bond donors (Lipinski definition) is 0. The van der Waals surface area contributed by atoms with Gasteiger partial charge in [-0.15, -0.1) is 0 Å². The van der Waals surface area contributed by atoms with Crippen molar-refractivity contribution >= 4 is 28.5 Å². The smallest absolute Gasteiger partial charge is 0.254 e. The Morgan fingerprint density at radius 3 is 2.70 bits per heavy atom. The third kappa shape index (κ3) is 3.21. The molecule has 3 aromatic rings. The number of rotatable bonds is 4. The van der Waals surface area contributed by atoms with E-state index in [0.29, 0.717) is 18.5 Å². The molecule has 2 heterocycles. The molecule has 1 aromatic heterocycles. The summed E-state index contributed by atoms with van der Waals surface area (Å²) in [4.78, 5) is 28.4. The molecular weight excluding hydrogens is 340 g/mol. The van der Waals surface area contributed by atoms with Gasteiger partial charge in [0.25, 0.3) is 5.91 Å². The Labute approximate surface area is 158 Å². The maximum Gasteiger partial charge on any atom is 0.254 e. The maximum atomic E-state index is 13.0. The fraction of sp³-hybridized carbons (Fsp3) is 0.273. The highest BCUT2D eigenvalue weighted by Gasteiger charge is 2.25. The summed E-state index contributed by atoms with van der Waals surface area (Å²) >= 11 is 0. The number of benzene rings is 2. The van der Waals surface area contributed by atoms with Gasteiger partial charge in [-0.3, -0.25) is 9.59 Å². The van der Waals surface area contributed by atoms with E-state index in [1.54, 1.807) is 29.0 Å². The Balaban J connectivity index is 1.57. The second kappa shape index (κ2) is 6.91. The minimum absolute atomic E-state index is 0.101. The van der Waals surface area contributed by atoms with Crippen LogP contribution in [0.15, 0.2) is 59.0 Å². The van der Waals surface area contributed by atoms with Crippen LogP contribution in [0, 0.1) is 0 Å². The lowest BCUT2D eigenvalue weighted by Crippen LogP contribution is -2.30. The molecule has 4 rings (SSSR count). The number of furan rings is 1. The molecule has 0 spiro atoms. The molecule has 2 aromatic carbocycles. The van der Waals surface area contributed by atoms with Crippen LogP contribution >= 0.6 is 0 Å². The molecule has 5 nitrogen and oxygen atoms in total. The summed E-state index contributed by atoms with van der Waals surface area (Å²) in [6, 6.07) is 16.9. The molecule has 0 bridgehead atoms. The Kier molecular flexibility index (Phi) is 4.44. The number of nitrogens with zero attached hydrogens (tertiary/aromatic N) is 2. The Morgan fingerprint density at radius 1 is 1.15 bits per heavy atom. The van der Waals surface area contributed by atoms with E-state index in [4.69, 9.17) is 4.42 Å². The molecule has 1 saturated heterocycles. The SMILES string of the molecule is CC(c1cc2ccccc2o1)N(C)C(=O)c1cccc(N2CCCC2=O)c1. The van der Waals surface area contributed by atoms with E-state index in [2.05, 4.69) is 0 Å². The van der Waals surface area contributed by atoms with Crippen molar-refractivity contribution < 1.29 is 14.0 Å². The Hall–Kier alpha value is -3.08. The number of hydrogen-bond acceptors (Lipinski definition) is 3. The van der Waals surface area contributed by atoms with Crippen LogP contribution in [-0.4, -0.2) is 30.3 Å². The predicted octanol–water partition coefficient (Wildman–Crippen LogP) is 4.39. The Morgan fingerprint density at radius 2 is 1.96 bits per heavy atom. The van der Waals surface area contributed by atoms with Gasteiger partial charge in [-0.1, -0.05) is 24.3 Å². The lowest BCUT2D eigenvalue weighted by Gasteiger charge is -2.24. The first-order valence-corrected chi connectivity index (χ1v) is 9.20. The van der Waals surface area contributed by atoms with E-state index in [1.165, 1.54) is 0 Å². The van der Waals surface area contributed by atoms with Crippen molar-refractivity contribution in [2.75, 3.05) is 18.5 Å². The van der Waals surface area contributed by atoms with E-state index < -0.39 is 0 Å². The highest BCUT2D eigenvalue weighted by Crippen LogP contribution is 2.28. The van der Waals surface area contributed by atoms with Crippen LogP contribution in [0.25, 0.3) is 11.0 Å². The number of para-hydroxylation sites is 1. The summed E-state index contributed by atoms with van der Waals surface area (Å²) in [5.74, 6) is 0.762. The van der Waals surface area contributed by atoms with Gasteiger partial charge in [0.15, 0.2) is 0 Å². The van der Waals surface area contributed by atoms with E-state index in [9.17, 15) is 9.59 Å². The van der Waals surface area contributed by atoms with E-state index >= 15 is 0 Å². The van der Waals surface area contributed by atoms with Crippen molar-refractivity contribution in [3.8, 4) is 0 Å². The molecule has 0 N–H and O–H groups in total. The molecule has 2 amide bonds. The van der Waals surface area contributed by atoms with E-state index in [-0.39, 0.29) is 17.9 Å². The van der Waals surface area contributed by atoms with Crippen LogP contribution < -0.4 is 4.90 Å². The number of anilines is 1. The molecule has 1 aliphatic rings. The molecule has 5 heteroatoms. The summed E-state index contributed by atoms with van der Waals surface area (Å²) < 4.78 is 5.91. The molecule has 0 radical (unpaired) electrons.